The maximum absolute atomic E-state index is 12.3. The maximum Gasteiger partial charge on any atom is 0.267 e. The number of nitrogens with zero attached hydrogens (tertiary/aromatic N) is 1. The van der Waals surface area contributed by atoms with Gasteiger partial charge < -0.3 is 0 Å². The highest BCUT2D eigenvalue weighted by atomic mass is 79.9. The van der Waals surface area contributed by atoms with Crippen LogP contribution < -0.4 is 0 Å². The molecule has 0 bridgehead atoms. The third-order valence-electron chi connectivity index (χ3n) is 2.71. The lowest BCUT2D eigenvalue weighted by Gasteiger charge is -2.05. The first kappa shape index (κ1) is 13.4. The van der Waals surface area contributed by atoms with Crippen molar-refractivity contribution in [3.8, 4) is 0 Å². The zero-order chi connectivity index (χ0) is 13.2. The molecular formula is C13H14BrNO2S. The number of rotatable bonds is 4. The fourth-order valence-corrected chi connectivity index (χ4v) is 3.33. The minimum absolute atomic E-state index is 0.314. The van der Waals surface area contributed by atoms with Crippen LogP contribution >= 0.6 is 15.9 Å². The minimum atomic E-state index is -3.45. The average molecular weight is 328 g/mol. The van der Waals surface area contributed by atoms with Crippen LogP contribution in [0.4, 0.5) is 0 Å². The van der Waals surface area contributed by atoms with E-state index in [0.29, 0.717) is 4.90 Å². The molecule has 0 saturated heterocycles. The lowest BCUT2D eigenvalue weighted by atomic mass is 10.2. The lowest BCUT2D eigenvalue weighted by Crippen LogP contribution is -2.10. The van der Waals surface area contributed by atoms with Crippen LogP contribution in [-0.4, -0.2) is 17.7 Å². The molecule has 1 heterocycles. The summed E-state index contributed by atoms with van der Waals surface area (Å²) < 4.78 is 25.9. The van der Waals surface area contributed by atoms with Gasteiger partial charge in [0.2, 0.25) is 0 Å². The molecule has 1 aromatic carbocycles. The standard InChI is InChI=1S/C13H14BrNO2S/c1-11-2-4-13(5-3-11)18(16,17)15-9-7-12(10-15)6-8-14/h2-5,7,9-10H,6,8H2,1H3. The highest BCUT2D eigenvalue weighted by Crippen LogP contribution is 2.16. The third-order valence-corrected chi connectivity index (χ3v) is 4.75. The van der Waals surface area contributed by atoms with Gasteiger partial charge in [0.25, 0.3) is 10.0 Å². The fraction of sp³-hybridized carbons (Fsp3) is 0.231. The molecule has 0 radical (unpaired) electrons. The maximum atomic E-state index is 12.3. The predicted molar refractivity (Wildman–Crippen MR) is 75.7 cm³/mol. The van der Waals surface area contributed by atoms with Gasteiger partial charge in [-0.3, -0.25) is 0 Å². The van der Waals surface area contributed by atoms with Gasteiger partial charge in [-0.2, -0.15) is 0 Å². The lowest BCUT2D eigenvalue weighted by molar-refractivity contribution is 0.587. The first-order valence-corrected chi connectivity index (χ1v) is 8.15. The smallest absolute Gasteiger partial charge is 0.249 e. The van der Waals surface area contributed by atoms with Gasteiger partial charge >= 0.3 is 0 Å². The van der Waals surface area contributed by atoms with Crippen molar-refractivity contribution in [1.29, 1.82) is 0 Å². The van der Waals surface area contributed by atoms with Gasteiger partial charge in [-0.15, -0.1) is 0 Å². The molecule has 0 aliphatic carbocycles. The predicted octanol–water partition coefficient (Wildman–Crippen LogP) is 2.97. The number of hydrogen-bond donors (Lipinski definition) is 0. The number of aromatic nitrogens is 1. The summed E-state index contributed by atoms with van der Waals surface area (Å²) in [7, 11) is -3.45. The summed E-state index contributed by atoms with van der Waals surface area (Å²) >= 11 is 3.34. The highest BCUT2D eigenvalue weighted by molar-refractivity contribution is 9.09. The second kappa shape index (κ2) is 5.28. The molecule has 0 saturated carbocycles. The van der Waals surface area contributed by atoms with Gasteiger partial charge in [0, 0.05) is 17.7 Å². The van der Waals surface area contributed by atoms with E-state index in [1.165, 1.54) is 3.97 Å². The molecule has 0 N–H and O–H groups in total. The number of alkyl halides is 1. The van der Waals surface area contributed by atoms with Crippen molar-refractivity contribution >= 4 is 26.0 Å². The zero-order valence-corrected chi connectivity index (χ0v) is 12.4. The molecule has 0 unspecified atom stereocenters. The molecule has 2 aromatic rings. The zero-order valence-electron chi connectivity index (χ0n) is 10.0. The third kappa shape index (κ3) is 2.67. The monoisotopic (exact) mass is 327 g/mol. The molecule has 3 nitrogen and oxygen atoms in total. The quantitative estimate of drug-likeness (QED) is 0.810. The molecule has 18 heavy (non-hydrogen) atoms. The van der Waals surface area contributed by atoms with Gasteiger partial charge in [0.15, 0.2) is 0 Å². The first-order valence-electron chi connectivity index (χ1n) is 5.59. The molecule has 0 atom stereocenters. The highest BCUT2D eigenvalue weighted by Gasteiger charge is 2.16. The first-order chi connectivity index (χ1) is 8.54. The van der Waals surface area contributed by atoms with Crippen molar-refractivity contribution in [1.82, 2.24) is 3.97 Å². The summed E-state index contributed by atoms with van der Waals surface area (Å²) in [6, 6.07) is 8.70. The van der Waals surface area contributed by atoms with Gasteiger partial charge in [-0.25, -0.2) is 12.4 Å². The van der Waals surface area contributed by atoms with E-state index in [0.717, 1.165) is 22.9 Å². The van der Waals surface area contributed by atoms with Crippen LogP contribution in [0.1, 0.15) is 11.1 Å². The van der Waals surface area contributed by atoms with E-state index < -0.39 is 10.0 Å². The Balaban J connectivity index is 2.38. The van der Waals surface area contributed by atoms with Crippen LogP contribution in [0.2, 0.25) is 0 Å². The van der Waals surface area contributed by atoms with Crippen molar-refractivity contribution in [2.75, 3.05) is 5.33 Å². The minimum Gasteiger partial charge on any atom is -0.249 e. The van der Waals surface area contributed by atoms with E-state index in [9.17, 15) is 8.42 Å². The summed E-state index contributed by atoms with van der Waals surface area (Å²) in [6.45, 7) is 1.93. The number of benzene rings is 1. The fourth-order valence-electron chi connectivity index (χ4n) is 1.66. The second-order valence-electron chi connectivity index (χ2n) is 4.11. The Labute approximate surface area is 116 Å². The van der Waals surface area contributed by atoms with Crippen LogP contribution in [-0.2, 0) is 16.4 Å². The van der Waals surface area contributed by atoms with E-state index in [1.807, 2.05) is 13.0 Å². The SMILES string of the molecule is Cc1ccc(S(=O)(=O)n2ccc(CCBr)c2)cc1. The van der Waals surface area contributed by atoms with E-state index in [-0.39, 0.29) is 0 Å². The molecule has 0 fully saturated rings. The van der Waals surface area contributed by atoms with Crippen molar-refractivity contribution in [3.05, 3.63) is 53.9 Å². The molecule has 0 aliphatic heterocycles. The summed E-state index contributed by atoms with van der Waals surface area (Å²) in [5.74, 6) is 0. The number of halogens is 1. The van der Waals surface area contributed by atoms with E-state index in [1.54, 1.807) is 36.7 Å². The Morgan fingerprint density at radius 3 is 2.44 bits per heavy atom. The van der Waals surface area contributed by atoms with Crippen LogP contribution in [0.15, 0.2) is 47.6 Å². The van der Waals surface area contributed by atoms with Crippen LogP contribution in [0, 0.1) is 6.92 Å². The van der Waals surface area contributed by atoms with Crippen LogP contribution in [0.5, 0.6) is 0 Å². The van der Waals surface area contributed by atoms with Crippen molar-refractivity contribution < 1.29 is 8.42 Å². The van der Waals surface area contributed by atoms with Crippen molar-refractivity contribution in [2.45, 2.75) is 18.2 Å². The molecule has 5 heteroatoms. The van der Waals surface area contributed by atoms with Crippen molar-refractivity contribution in [2.24, 2.45) is 0 Å². The Morgan fingerprint density at radius 1 is 1.17 bits per heavy atom. The van der Waals surface area contributed by atoms with Crippen LogP contribution in [0.3, 0.4) is 0 Å². The van der Waals surface area contributed by atoms with Crippen LogP contribution in [0.25, 0.3) is 0 Å². The van der Waals surface area contributed by atoms with Gasteiger partial charge in [0.05, 0.1) is 4.90 Å². The topological polar surface area (TPSA) is 39.1 Å². The Bertz CT molecular complexity index is 629. The second-order valence-corrected chi connectivity index (χ2v) is 6.74. The molecular weight excluding hydrogens is 314 g/mol. The summed E-state index contributed by atoms with van der Waals surface area (Å²) in [6.07, 6.45) is 4.07. The van der Waals surface area contributed by atoms with Gasteiger partial charge in [0.1, 0.15) is 0 Å². The Kier molecular flexibility index (Phi) is 3.92. The van der Waals surface area contributed by atoms with Crippen molar-refractivity contribution in [3.63, 3.8) is 0 Å². The molecule has 1 aromatic heterocycles. The summed E-state index contributed by atoms with van der Waals surface area (Å²) in [4.78, 5) is 0.314. The number of aryl methyl sites for hydroxylation is 2. The summed E-state index contributed by atoms with van der Waals surface area (Å²) in [5, 5.41) is 0.821. The summed E-state index contributed by atoms with van der Waals surface area (Å²) in [5.41, 5.74) is 2.05. The van der Waals surface area contributed by atoms with E-state index >= 15 is 0 Å². The van der Waals surface area contributed by atoms with Gasteiger partial charge in [-0.1, -0.05) is 33.6 Å². The van der Waals surface area contributed by atoms with Gasteiger partial charge in [-0.05, 0) is 37.1 Å². The Morgan fingerprint density at radius 2 is 1.83 bits per heavy atom. The Hall–Kier alpha value is -1.07. The molecule has 0 aliphatic rings. The average Bonchev–Trinajstić information content (AvgIpc) is 2.79. The molecule has 0 spiro atoms. The largest absolute Gasteiger partial charge is 0.267 e. The molecule has 0 amide bonds. The normalized spacial score (nSPS) is 11.7. The van der Waals surface area contributed by atoms with E-state index in [4.69, 9.17) is 0 Å². The number of hydrogen-bond acceptors (Lipinski definition) is 2. The van der Waals surface area contributed by atoms with E-state index in [2.05, 4.69) is 15.9 Å². The molecule has 2 rings (SSSR count). The molecule has 96 valence electrons.